The molecule has 0 unspecified atom stereocenters. The fraction of sp³-hybridized carbons (Fsp3) is 0.240. The van der Waals surface area contributed by atoms with Gasteiger partial charge in [-0.15, -0.1) is 11.3 Å². The van der Waals surface area contributed by atoms with Crippen LogP contribution in [0.5, 0.6) is 5.75 Å². The minimum Gasteiger partial charge on any atom is -0.497 e. The molecule has 0 aliphatic heterocycles. The van der Waals surface area contributed by atoms with Gasteiger partial charge in [-0.25, -0.2) is 4.98 Å². The van der Waals surface area contributed by atoms with E-state index in [-0.39, 0.29) is 5.56 Å². The lowest BCUT2D eigenvalue weighted by molar-refractivity contribution is 0.414. The van der Waals surface area contributed by atoms with Crippen molar-refractivity contribution in [3.05, 3.63) is 80.5 Å². The van der Waals surface area contributed by atoms with Crippen LogP contribution in [0.1, 0.15) is 34.4 Å². The Balaban J connectivity index is 1.62. The third kappa shape index (κ3) is 3.81. The van der Waals surface area contributed by atoms with Crippen molar-refractivity contribution >= 4 is 33.3 Å². The number of hydrogen-bond donors (Lipinski definition) is 0. The van der Waals surface area contributed by atoms with Crippen LogP contribution >= 0.6 is 23.1 Å². The summed E-state index contributed by atoms with van der Waals surface area (Å²) >= 11 is 3.21. The molecule has 4 aromatic rings. The van der Waals surface area contributed by atoms with Gasteiger partial charge in [0.2, 0.25) is 0 Å². The predicted molar refractivity (Wildman–Crippen MR) is 129 cm³/mol. The Hall–Kier alpha value is -3.08. The highest BCUT2D eigenvalue weighted by Gasteiger charge is 2.23. The highest BCUT2D eigenvalue weighted by Crippen LogP contribution is 2.35. The van der Waals surface area contributed by atoms with Gasteiger partial charge in [0.25, 0.3) is 5.56 Å². The van der Waals surface area contributed by atoms with Crippen molar-refractivity contribution in [2.75, 3.05) is 7.11 Å². The second-order valence-corrected chi connectivity index (χ2v) is 9.75. The van der Waals surface area contributed by atoms with Crippen LogP contribution in [0.4, 0.5) is 0 Å². The van der Waals surface area contributed by atoms with E-state index in [1.807, 2.05) is 48.5 Å². The van der Waals surface area contributed by atoms with Gasteiger partial charge in [-0.1, -0.05) is 23.9 Å². The van der Waals surface area contributed by atoms with Crippen molar-refractivity contribution in [2.45, 2.75) is 36.6 Å². The average molecular weight is 460 g/mol. The third-order valence-corrected chi connectivity index (χ3v) is 7.94. The molecule has 0 bridgehead atoms. The molecule has 0 N–H and O–H groups in total. The number of benzene rings is 2. The quantitative estimate of drug-likeness (QED) is 0.291. The lowest BCUT2D eigenvalue weighted by Gasteiger charge is -2.14. The van der Waals surface area contributed by atoms with E-state index in [1.54, 1.807) is 23.0 Å². The Morgan fingerprint density at radius 3 is 2.59 bits per heavy atom. The van der Waals surface area contributed by atoms with Gasteiger partial charge in [-0.3, -0.25) is 9.36 Å². The summed E-state index contributed by atoms with van der Waals surface area (Å²) in [4.78, 5) is 20.9. The number of nitrogens with zero attached hydrogens (tertiary/aromatic N) is 3. The van der Waals surface area contributed by atoms with Crippen LogP contribution in [0.25, 0.3) is 15.9 Å². The number of thiophene rings is 1. The number of hydrogen-bond acceptors (Lipinski definition) is 6. The molecule has 2 aromatic heterocycles. The highest BCUT2D eigenvalue weighted by molar-refractivity contribution is 7.98. The number of methoxy groups -OCH3 is 1. The Morgan fingerprint density at radius 1 is 1.12 bits per heavy atom. The molecule has 7 heteroatoms. The van der Waals surface area contributed by atoms with Crippen molar-refractivity contribution < 1.29 is 4.74 Å². The van der Waals surface area contributed by atoms with E-state index in [0.717, 1.165) is 46.5 Å². The number of aryl methyl sites for hydroxylation is 2. The largest absolute Gasteiger partial charge is 0.497 e. The number of rotatable bonds is 5. The maximum absolute atomic E-state index is 13.8. The van der Waals surface area contributed by atoms with Gasteiger partial charge in [0, 0.05) is 10.6 Å². The molecule has 0 fully saturated rings. The smallest absolute Gasteiger partial charge is 0.267 e. The van der Waals surface area contributed by atoms with E-state index >= 15 is 0 Å². The minimum atomic E-state index is 0.00175. The molecule has 32 heavy (non-hydrogen) atoms. The summed E-state index contributed by atoms with van der Waals surface area (Å²) in [6, 6.07) is 17.2. The summed E-state index contributed by atoms with van der Waals surface area (Å²) in [6.07, 6.45) is 4.28. The second-order valence-electron chi connectivity index (χ2n) is 7.72. The standard InChI is InChI=1S/C25H21N3O2S2/c1-30-19-12-10-18(11-13-19)28-24(29)22-20-4-2-3-5-21(20)32-23(22)27-25(28)31-15-17-8-6-16(14-26)7-9-17/h6-13H,2-5,15H2,1H3. The normalized spacial score (nSPS) is 13.0. The molecule has 0 spiro atoms. The van der Waals surface area contributed by atoms with Gasteiger partial charge >= 0.3 is 0 Å². The maximum atomic E-state index is 13.8. The zero-order valence-electron chi connectivity index (χ0n) is 17.6. The molecule has 0 radical (unpaired) electrons. The van der Waals surface area contributed by atoms with Crippen LogP contribution in [0.2, 0.25) is 0 Å². The monoisotopic (exact) mass is 459 g/mol. The molecular weight excluding hydrogens is 438 g/mol. The van der Waals surface area contributed by atoms with Crippen molar-refractivity contribution in [3.63, 3.8) is 0 Å². The fourth-order valence-electron chi connectivity index (χ4n) is 4.07. The summed E-state index contributed by atoms with van der Waals surface area (Å²) in [5.41, 5.74) is 3.69. The molecular formula is C25H21N3O2S2. The van der Waals surface area contributed by atoms with Crippen LogP contribution in [0, 0.1) is 11.3 Å². The van der Waals surface area contributed by atoms with Crippen LogP contribution in [-0.2, 0) is 18.6 Å². The van der Waals surface area contributed by atoms with E-state index in [2.05, 4.69) is 6.07 Å². The molecule has 5 nitrogen and oxygen atoms in total. The first-order valence-electron chi connectivity index (χ1n) is 10.5. The molecule has 160 valence electrons. The Morgan fingerprint density at radius 2 is 1.88 bits per heavy atom. The van der Waals surface area contributed by atoms with Crippen molar-refractivity contribution in [3.8, 4) is 17.5 Å². The number of thioether (sulfide) groups is 1. The molecule has 0 atom stereocenters. The summed E-state index contributed by atoms with van der Waals surface area (Å²) < 4.78 is 7.03. The van der Waals surface area contributed by atoms with Gasteiger partial charge in [0.1, 0.15) is 10.6 Å². The van der Waals surface area contributed by atoms with E-state index < -0.39 is 0 Å². The SMILES string of the molecule is COc1ccc(-n2c(SCc3ccc(C#N)cc3)nc3sc4c(c3c2=O)CCCC4)cc1. The first kappa shape index (κ1) is 20.8. The Labute approximate surface area is 194 Å². The van der Waals surface area contributed by atoms with E-state index in [4.69, 9.17) is 15.0 Å². The van der Waals surface area contributed by atoms with Gasteiger partial charge in [0.15, 0.2) is 5.16 Å². The van der Waals surface area contributed by atoms with Crippen molar-refractivity contribution in [2.24, 2.45) is 0 Å². The summed E-state index contributed by atoms with van der Waals surface area (Å²) in [5, 5.41) is 10.5. The first-order chi connectivity index (χ1) is 15.7. The van der Waals surface area contributed by atoms with Gasteiger partial charge < -0.3 is 4.74 Å². The lowest BCUT2D eigenvalue weighted by atomic mass is 9.97. The van der Waals surface area contributed by atoms with Crippen molar-refractivity contribution in [1.82, 2.24) is 9.55 Å². The number of ether oxygens (including phenoxy) is 1. The predicted octanol–water partition coefficient (Wildman–Crippen LogP) is 5.50. The molecule has 0 amide bonds. The summed E-state index contributed by atoms with van der Waals surface area (Å²) in [6.45, 7) is 0. The molecule has 1 aliphatic rings. The van der Waals surface area contributed by atoms with Crippen LogP contribution in [0.15, 0.2) is 58.5 Å². The van der Waals surface area contributed by atoms with Gasteiger partial charge in [0.05, 0.1) is 29.8 Å². The van der Waals surface area contributed by atoms with Crippen molar-refractivity contribution in [1.29, 1.82) is 5.26 Å². The van der Waals surface area contributed by atoms with Crippen LogP contribution < -0.4 is 10.3 Å². The molecule has 2 aromatic carbocycles. The van der Waals surface area contributed by atoms with Crippen LogP contribution in [-0.4, -0.2) is 16.7 Å². The zero-order valence-corrected chi connectivity index (χ0v) is 19.3. The first-order valence-corrected chi connectivity index (χ1v) is 12.3. The van der Waals surface area contributed by atoms with E-state index in [0.29, 0.717) is 16.5 Å². The number of aromatic nitrogens is 2. The van der Waals surface area contributed by atoms with E-state index in [1.165, 1.54) is 28.6 Å². The summed E-state index contributed by atoms with van der Waals surface area (Å²) in [7, 11) is 1.63. The lowest BCUT2D eigenvalue weighted by Crippen LogP contribution is -2.22. The Bertz CT molecular complexity index is 1380. The molecule has 1 aliphatic carbocycles. The van der Waals surface area contributed by atoms with Gasteiger partial charge in [-0.2, -0.15) is 5.26 Å². The number of nitriles is 1. The van der Waals surface area contributed by atoms with E-state index in [9.17, 15) is 4.79 Å². The zero-order chi connectivity index (χ0) is 22.1. The fourth-order valence-corrected chi connectivity index (χ4v) is 6.34. The van der Waals surface area contributed by atoms with Crippen LogP contribution in [0.3, 0.4) is 0 Å². The Kier molecular flexibility index (Phi) is 5.73. The second kappa shape index (κ2) is 8.81. The molecule has 2 heterocycles. The molecule has 5 rings (SSSR count). The topological polar surface area (TPSA) is 67.9 Å². The summed E-state index contributed by atoms with van der Waals surface area (Å²) in [5.74, 6) is 1.40. The minimum absolute atomic E-state index is 0.00175. The molecule has 0 saturated carbocycles. The highest BCUT2D eigenvalue weighted by atomic mass is 32.2. The molecule has 0 saturated heterocycles. The number of fused-ring (bicyclic) bond motifs is 3. The average Bonchev–Trinajstić information content (AvgIpc) is 3.22. The maximum Gasteiger partial charge on any atom is 0.267 e. The third-order valence-electron chi connectivity index (χ3n) is 5.74. The van der Waals surface area contributed by atoms with Gasteiger partial charge in [-0.05, 0) is 73.2 Å².